The molecular formula is C23H32N4O2. The molecule has 6 nitrogen and oxygen atoms in total. The molecule has 0 bridgehead atoms. The molecule has 0 aliphatic carbocycles. The smallest absolute Gasteiger partial charge is 0.315 e. The number of amides is 3. The lowest BCUT2D eigenvalue weighted by Crippen LogP contribution is -2.52. The van der Waals surface area contributed by atoms with Gasteiger partial charge in [-0.2, -0.15) is 0 Å². The van der Waals surface area contributed by atoms with Gasteiger partial charge in [0, 0.05) is 19.6 Å². The number of carbonyl (C=O) groups excluding carboxylic acids is 2. The first-order chi connectivity index (χ1) is 13.8. The number of hydrogen-bond donors (Lipinski definition) is 3. The van der Waals surface area contributed by atoms with Gasteiger partial charge in [-0.15, -0.1) is 0 Å². The fraction of sp³-hybridized carbons (Fsp3) is 0.391. The fourth-order valence-electron chi connectivity index (χ4n) is 3.01. The van der Waals surface area contributed by atoms with Gasteiger partial charge < -0.3 is 20.9 Å². The summed E-state index contributed by atoms with van der Waals surface area (Å²) >= 11 is 0. The van der Waals surface area contributed by atoms with Gasteiger partial charge in [-0.3, -0.25) is 4.79 Å². The molecule has 0 heterocycles. The highest BCUT2D eigenvalue weighted by Crippen LogP contribution is 2.08. The van der Waals surface area contributed by atoms with Crippen LogP contribution in [0.25, 0.3) is 0 Å². The minimum Gasteiger partial charge on any atom is -0.350 e. The highest BCUT2D eigenvalue weighted by Gasteiger charge is 2.23. The summed E-state index contributed by atoms with van der Waals surface area (Å²) in [6.45, 7) is 5.52. The Morgan fingerprint density at radius 1 is 0.862 bits per heavy atom. The Morgan fingerprint density at radius 2 is 1.48 bits per heavy atom. The summed E-state index contributed by atoms with van der Waals surface area (Å²) in [6.07, 6.45) is 0. The van der Waals surface area contributed by atoms with E-state index >= 15 is 0 Å². The zero-order valence-corrected chi connectivity index (χ0v) is 17.7. The predicted octanol–water partition coefficient (Wildman–Crippen LogP) is 2.89. The van der Waals surface area contributed by atoms with Gasteiger partial charge in [-0.05, 0) is 36.7 Å². The zero-order valence-electron chi connectivity index (χ0n) is 17.7. The molecule has 0 fully saturated rings. The molecule has 0 saturated heterocycles. The van der Waals surface area contributed by atoms with E-state index in [4.69, 9.17) is 0 Å². The summed E-state index contributed by atoms with van der Waals surface area (Å²) in [4.78, 5) is 27.0. The van der Waals surface area contributed by atoms with E-state index in [1.165, 1.54) is 5.56 Å². The summed E-state index contributed by atoms with van der Waals surface area (Å²) in [5.74, 6) is -0.217. The maximum absolute atomic E-state index is 12.7. The Labute approximate surface area is 173 Å². The molecule has 3 amide bonds. The van der Waals surface area contributed by atoms with Crippen molar-refractivity contribution in [1.82, 2.24) is 20.9 Å². The molecule has 0 spiro atoms. The topological polar surface area (TPSA) is 73.5 Å². The number of urea groups is 1. The van der Waals surface area contributed by atoms with Crippen LogP contribution in [0.3, 0.4) is 0 Å². The van der Waals surface area contributed by atoms with Crippen LogP contribution >= 0.6 is 0 Å². The Bertz CT molecular complexity index is 790. The van der Waals surface area contributed by atoms with Crippen LogP contribution in [0.15, 0.2) is 54.6 Å². The lowest BCUT2D eigenvalue weighted by Gasteiger charge is -2.22. The highest BCUT2D eigenvalue weighted by atomic mass is 16.2. The number of hydrogen-bond acceptors (Lipinski definition) is 3. The molecule has 0 aromatic heterocycles. The van der Waals surface area contributed by atoms with Crippen molar-refractivity contribution in [2.24, 2.45) is 5.92 Å². The van der Waals surface area contributed by atoms with Crippen LogP contribution in [0.2, 0.25) is 0 Å². The molecule has 2 aromatic carbocycles. The molecule has 0 unspecified atom stereocenters. The van der Waals surface area contributed by atoms with Crippen molar-refractivity contribution < 1.29 is 9.59 Å². The number of benzene rings is 2. The first-order valence-corrected chi connectivity index (χ1v) is 9.93. The average Bonchev–Trinajstić information content (AvgIpc) is 2.69. The Hall–Kier alpha value is -2.86. The van der Waals surface area contributed by atoms with E-state index < -0.39 is 6.04 Å². The van der Waals surface area contributed by atoms with Crippen LogP contribution in [-0.4, -0.2) is 37.0 Å². The predicted molar refractivity (Wildman–Crippen MR) is 116 cm³/mol. The molecule has 156 valence electrons. The number of carbonyl (C=O) groups is 2. The Balaban J connectivity index is 1.87. The lowest BCUT2D eigenvalue weighted by molar-refractivity contribution is -0.124. The van der Waals surface area contributed by atoms with Crippen molar-refractivity contribution in [1.29, 1.82) is 0 Å². The number of rotatable bonds is 9. The minimum atomic E-state index is -0.601. The molecule has 2 aromatic rings. The molecule has 3 N–H and O–H groups in total. The molecule has 2 rings (SSSR count). The molecule has 0 radical (unpaired) electrons. The lowest BCUT2D eigenvalue weighted by atomic mass is 10.0. The van der Waals surface area contributed by atoms with E-state index in [0.29, 0.717) is 13.1 Å². The normalized spacial score (nSPS) is 11.9. The van der Waals surface area contributed by atoms with E-state index in [2.05, 4.69) is 33.0 Å². The van der Waals surface area contributed by atoms with E-state index in [1.807, 2.05) is 70.4 Å². The van der Waals surface area contributed by atoms with Crippen molar-refractivity contribution in [3.05, 3.63) is 71.3 Å². The highest BCUT2D eigenvalue weighted by molar-refractivity contribution is 5.87. The van der Waals surface area contributed by atoms with Gasteiger partial charge in [0.05, 0.1) is 0 Å². The third-order valence-corrected chi connectivity index (χ3v) is 4.49. The number of nitrogens with zero attached hydrogens (tertiary/aromatic N) is 1. The van der Waals surface area contributed by atoms with Gasteiger partial charge in [-0.1, -0.05) is 68.4 Å². The van der Waals surface area contributed by atoms with Gasteiger partial charge in [0.1, 0.15) is 6.04 Å². The molecule has 6 heteroatoms. The third-order valence-electron chi connectivity index (χ3n) is 4.49. The SMILES string of the molecule is CC(C)[C@@H](NC(=O)NCc1ccccc1)C(=O)NCc1cccc(CN(C)C)c1. The van der Waals surface area contributed by atoms with Crippen LogP contribution in [-0.2, 0) is 24.4 Å². The van der Waals surface area contributed by atoms with E-state index in [0.717, 1.165) is 17.7 Å². The standard InChI is InChI=1S/C23H32N4O2/c1-17(2)21(26-23(29)25-14-18-9-6-5-7-10-18)22(28)24-15-19-11-8-12-20(13-19)16-27(3)4/h5-13,17,21H,14-16H2,1-4H3,(H,24,28)(H2,25,26,29)/t21-/m1/s1. The van der Waals surface area contributed by atoms with E-state index in [9.17, 15) is 9.59 Å². The number of nitrogens with one attached hydrogen (secondary N) is 3. The average molecular weight is 397 g/mol. The molecule has 0 aliphatic heterocycles. The van der Waals surface area contributed by atoms with Crippen molar-refractivity contribution >= 4 is 11.9 Å². The monoisotopic (exact) mass is 396 g/mol. The van der Waals surface area contributed by atoms with Gasteiger partial charge in [0.2, 0.25) is 5.91 Å². The summed E-state index contributed by atoms with van der Waals surface area (Å²) in [5.41, 5.74) is 3.24. The van der Waals surface area contributed by atoms with Gasteiger partial charge >= 0.3 is 6.03 Å². The van der Waals surface area contributed by atoms with Crippen LogP contribution < -0.4 is 16.0 Å². The summed E-state index contributed by atoms with van der Waals surface area (Å²) in [6, 6.07) is 16.9. The van der Waals surface area contributed by atoms with Crippen molar-refractivity contribution in [3.8, 4) is 0 Å². The summed E-state index contributed by atoms with van der Waals surface area (Å²) in [5, 5.41) is 8.54. The van der Waals surface area contributed by atoms with Crippen molar-refractivity contribution in [3.63, 3.8) is 0 Å². The Morgan fingerprint density at radius 3 is 2.14 bits per heavy atom. The Kier molecular flexibility index (Phi) is 8.68. The second kappa shape index (κ2) is 11.2. The van der Waals surface area contributed by atoms with Crippen LogP contribution in [0.5, 0.6) is 0 Å². The van der Waals surface area contributed by atoms with Gasteiger partial charge in [0.15, 0.2) is 0 Å². The second-order valence-corrected chi connectivity index (χ2v) is 7.81. The molecule has 1 atom stereocenters. The second-order valence-electron chi connectivity index (χ2n) is 7.81. The first-order valence-electron chi connectivity index (χ1n) is 9.93. The largest absolute Gasteiger partial charge is 0.350 e. The molecule has 0 aliphatic rings. The van der Waals surface area contributed by atoms with Crippen molar-refractivity contribution in [2.45, 2.75) is 39.5 Å². The third kappa shape index (κ3) is 7.95. The molecule has 0 saturated carbocycles. The first kappa shape index (κ1) is 22.4. The van der Waals surface area contributed by atoms with Gasteiger partial charge in [-0.25, -0.2) is 4.79 Å². The fourth-order valence-corrected chi connectivity index (χ4v) is 3.01. The van der Waals surface area contributed by atoms with Crippen LogP contribution in [0, 0.1) is 5.92 Å². The maximum atomic E-state index is 12.7. The van der Waals surface area contributed by atoms with Crippen LogP contribution in [0.4, 0.5) is 4.79 Å². The summed E-state index contributed by atoms with van der Waals surface area (Å²) < 4.78 is 0. The maximum Gasteiger partial charge on any atom is 0.315 e. The summed E-state index contributed by atoms with van der Waals surface area (Å²) in [7, 11) is 4.05. The minimum absolute atomic E-state index is 0.0300. The van der Waals surface area contributed by atoms with E-state index in [-0.39, 0.29) is 17.9 Å². The molecular weight excluding hydrogens is 364 g/mol. The quantitative estimate of drug-likeness (QED) is 0.610. The van der Waals surface area contributed by atoms with Gasteiger partial charge in [0.25, 0.3) is 0 Å². The molecule has 29 heavy (non-hydrogen) atoms. The van der Waals surface area contributed by atoms with Crippen LogP contribution in [0.1, 0.15) is 30.5 Å². The van der Waals surface area contributed by atoms with Crippen molar-refractivity contribution in [2.75, 3.05) is 14.1 Å². The van der Waals surface area contributed by atoms with E-state index in [1.54, 1.807) is 0 Å². The zero-order chi connectivity index (χ0) is 21.2.